The van der Waals surface area contributed by atoms with E-state index in [2.05, 4.69) is 33.8 Å². The molecule has 0 aromatic rings. The van der Waals surface area contributed by atoms with Crippen LogP contribution in [0.5, 0.6) is 0 Å². The molecule has 1 N–H and O–H groups in total. The van der Waals surface area contributed by atoms with Gasteiger partial charge in [-0.05, 0) is 97.7 Å². The van der Waals surface area contributed by atoms with E-state index in [1.54, 1.807) is 0 Å². The zero-order chi connectivity index (χ0) is 17.1. The Morgan fingerprint density at radius 2 is 1.92 bits per heavy atom. The largest absolute Gasteiger partial charge is 0.396 e. The van der Waals surface area contributed by atoms with Gasteiger partial charge in [0.25, 0.3) is 0 Å². The maximum atomic E-state index is 9.74. The molecular weight excluding hydrogens is 292 g/mol. The quantitative estimate of drug-likeness (QED) is 0.632. The topological polar surface area (TPSA) is 20.2 Å². The first-order valence-corrected chi connectivity index (χ1v) is 10.7. The third-order valence-corrected chi connectivity index (χ3v) is 9.40. The molecule has 1 heteroatoms. The Morgan fingerprint density at radius 1 is 1.12 bits per heavy atom. The fraction of sp³-hybridized carbons (Fsp3) is 0.913. The summed E-state index contributed by atoms with van der Waals surface area (Å²) in [6, 6.07) is 0. The Kier molecular flexibility index (Phi) is 4.18. The molecule has 0 aliphatic heterocycles. The molecule has 0 amide bonds. The third-order valence-electron chi connectivity index (χ3n) is 9.40. The van der Waals surface area contributed by atoms with Gasteiger partial charge in [0.2, 0.25) is 0 Å². The minimum Gasteiger partial charge on any atom is -0.396 e. The van der Waals surface area contributed by atoms with Crippen molar-refractivity contribution >= 4 is 0 Å². The zero-order valence-electron chi connectivity index (χ0n) is 16.4. The lowest BCUT2D eigenvalue weighted by Crippen LogP contribution is -2.50. The number of aliphatic hydroxyl groups is 1. The normalized spacial score (nSPS) is 52.0. The van der Waals surface area contributed by atoms with Gasteiger partial charge in [-0.1, -0.05) is 39.3 Å². The predicted molar refractivity (Wildman–Crippen MR) is 101 cm³/mol. The lowest BCUT2D eigenvalue weighted by atomic mass is 9.46. The first-order valence-electron chi connectivity index (χ1n) is 10.7. The smallest absolute Gasteiger partial charge is 0.0459 e. The van der Waals surface area contributed by atoms with E-state index in [-0.39, 0.29) is 0 Å². The molecule has 0 heterocycles. The third kappa shape index (κ3) is 2.29. The van der Waals surface area contributed by atoms with Crippen molar-refractivity contribution in [3.8, 4) is 0 Å². The molecule has 0 saturated heterocycles. The van der Waals surface area contributed by atoms with Crippen molar-refractivity contribution in [1.29, 1.82) is 0 Å². The Hall–Kier alpha value is -0.300. The van der Waals surface area contributed by atoms with Gasteiger partial charge in [0.15, 0.2) is 0 Å². The average molecular weight is 331 g/mol. The van der Waals surface area contributed by atoms with E-state index in [4.69, 9.17) is 0 Å². The van der Waals surface area contributed by atoms with Crippen molar-refractivity contribution in [2.75, 3.05) is 6.61 Å². The van der Waals surface area contributed by atoms with Crippen LogP contribution in [0.2, 0.25) is 0 Å². The van der Waals surface area contributed by atoms with Crippen LogP contribution >= 0.6 is 0 Å². The fourth-order valence-electron chi connectivity index (χ4n) is 7.95. The van der Waals surface area contributed by atoms with Gasteiger partial charge in [-0.2, -0.15) is 0 Å². The Bertz CT molecular complexity index is 522. The maximum Gasteiger partial charge on any atom is 0.0459 e. The van der Waals surface area contributed by atoms with Crippen molar-refractivity contribution in [3.63, 3.8) is 0 Å². The van der Waals surface area contributed by atoms with Gasteiger partial charge in [0.05, 0.1) is 0 Å². The molecular formula is C23H38O. The van der Waals surface area contributed by atoms with E-state index in [0.717, 1.165) is 29.6 Å². The molecule has 4 aliphatic rings. The summed E-state index contributed by atoms with van der Waals surface area (Å²) in [5.74, 6) is 4.89. The van der Waals surface area contributed by atoms with Crippen LogP contribution in [-0.2, 0) is 0 Å². The number of fused-ring (bicyclic) bond motifs is 5. The van der Waals surface area contributed by atoms with Crippen molar-refractivity contribution in [1.82, 2.24) is 0 Å². The SMILES string of the molecule is CC1CC[C@@]2(C)C(=CC[C@H]3[C@@H]4CC[C@H]([C@@H](C)CO)[C@@]4(C)CC[C@@H]32)C1. The molecule has 0 aromatic heterocycles. The Labute approximate surface area is 149 Å². The number of hydrogen-bond donors (Lipinski definition) is 1. The van der Waals surface area contributed by atoms with Crippen molar-refractivity contribution < 1.29 is 5.11 Å². The average Bonchev–Trinajstić information content (AvgIpc) is 2.92. The summed E-state index contributed by atoms with van der Waals surface area (Å²) < 4.78 is 0. The Balaban J connectivity index is 1.63. The molecule has 1 nitrogen and oxygen atoms in total. The molecule has 8 atom stereocenters. The molecule has 0 radical (unpaired) electrons. The van der Waals surface area contributed by atoms with Crippen molar-refractivity contribution in [2.24, 2.45) is 46.3 Å². The van der Waals surface area contributed by atoms with Gasteiger partial charge in [0, 0.05) is 6.61 Å². The van der Waals surface area contributed by atoms with E-state index < -0.39 is 0 Å². The second-order valence-corrected chi connectivity index (χ2v) is 10.5. The maximum absolute atomic E-state index is 9.74. The van der Waals surface area contributed by atoms with Crippen LogP contribution in [0.25, 0.3) is 0 Å². The van der Waals surface area contributed by atoms with E-state index >= 15 is 0 Å². The molecule has 0 spiro atoms. The molecule has 1 unspecified atom stereocenters. The second-order valence-electron chi connectivity index (χ2n) is 10.5. The molecule has 3 saturated carbocycles. The first kappa shape index (κ1) is 17.1. The summed E-state index contributed by atoms with van der Waals surface area (Å²) in [6.07, 6.45) is 13.9. The first-order chi connectivity index (χ1) is 11.4. The zero-order valence-corrected chi connectivity index (χ0v) is 16.4. The van der Waals surface area contributed by atoms with Gasteiger partial charge in [-0.3, -0.25) is 0 Å². The minimum atomic E-state index is 0.376. The van der Waals surface area contributed by atoms with Crippen LogP contribution in [0, 0.1) is 46.3 Å². The number of aliphatic hydroxyl groups excluding tert-OH is 1. The van der Waals surface area contributed by atoms with Crippen LogP contribution in [0.1, 0.15) is 79.1 Å². The molecule has 24 heavy (non-hydrogen) atoms. The number of allylic oxidation sites excluding steroid dienone is 2. The van der Waals surface area contributed by atoms with Gasteiger partial charge in [0.1, 0.15) is 0 Å². The highest BCUT2D eigenvalue weighted by Crippen LogP contribution is 2.67. The lowest BCUT2D eigenvalue weighted by molar-refractivity contribution is -0.0552. The molecule has 136 valence electrons. The summed E-state index contributed by atoms with van der Waals surface area (Å²) >= 11 is 0. The number of hydrogen-bond acceptors (Lipinski definition) is 1. The van der Waals surface area contributed by atoms with Crippen LogP contribution in [0.3, 0.4) is 0 Å². The summed E-state index contributed by atoms with van der Waals surface area (Å²) in [5, 5.41) is 9.74. The van der Waals surface area contributed by atoms with Gasteiger partial charge < -0.3 is 5.11 Å². The van der Waals surface area contributed by atoms with Crippen molar-refractivity contribution in [3.05, 3.63) is 11.6 Å². The summed E-state index contributed by atoms with van der Waals surface area (Å²) in [6.45, 7) is 10.3. The highest BCUT2D eigenvalue weighted by molar-refractivity contribution is 5.25. The fourth-order valence-corrected chi connectivity index (χ4v) is 7.95. The highest BCUT2D eigenvalue weighted by atomic mass is 16.3. The van der Waals surface area contributed by atoms with Crippen LogP contribution in [0.15, 0.2) is 11.6 Å². The van der Waals surface area contributed by atoms with Crippen molar-refractivity contribution in [2.45, 2.75) is 79.1 Å². The second kappa shape index (κ2) is 5.86. The minimum absolute atomic E-state index is 0.376. The van der Waals surface area contributed by atoms with E-state index in [1.165, 1.54) is 51.4 Å². The molecule has 3 fully saturated rings. The number of rotatable bonds is 2. The summed E-state index contributed by atoms with van der Waals surface area (Å²) in [5.41, 5.74) is 2.83. The van der Waals surface area contributed by atoms with Gasteiger partial charge in [-0.15, -0.1) is 0 Å². The van der Waals surface area contributed by atoms with Crippen LogP contribution in [0.4, 0.5) is 0 Å². The van der Waals surface area contributed by atoms with E-state index in [1.807, 2.05) is 5.57 Å². The van der Waals surface area contributed by atoms with Gasteiger partial charge in [-0.25, -0.2) is 0 Å². The lowest BCUT2D eigenvalue weighted by Gasteiger charge is -2.58. The van der Waals surface area contributed by atoms with E-state index in [0.29, 0.717) is 23.4 Å². The van der Waals surface area contributed by atoms with Gasteiger partial charge >= 0.3 is 0 Å². The molecule has 0 bridgehead atoms. The molecule has 0 aromatic carbocycles. The summed E-state index contributed by atoms with van der Waals surface area (Å²) in [7, 11) is 0. The summed E-state index contributed by atoms with van der Waals surface area (Å²) in [4.78, 5) is 0. The predicted octanol–water partition coefficient (Wildman–Crippen LogP) is 5.83. The monoisotopic (exact) mass is 330 g/mol. The standard InChI is InChI=1S/C23H38O/c1-15-9-11-22(3)17(13-15)5-6-18-20-8-7-19(16(2)14-24)23(20,4)12-10-21(18)22/h5,15-16,18-21,24H,6-14H2,1-4H3/t15?,16-,18-,19+,20-,21-,22-,23+/m0/s1. The van der Waals surface area contributed by atoms with Crippen LogP contribution < -0.4 is 0 Å². The molecule has 4 rings (SSSR count). The van der Waals surface area contributed by atoms with E-state index in [9.17, 15) is 5.11 Å². The molecule has 4 aliphatic carbocycles. The highest BCUT2D eigenvalue weighted by Gasteiger charge is 2.58. The Morgan fingerprint density at radius 3 is 2.67 bits per heavy atom. The van der Waals surface area contributed by atoms with Crippen LogP contribution in [-0.4, -0.2) is 11.7 Å².